The number of aromatic nitrogens is 2. The Morgan fingerprint density at radius 2 is 2.06 bits per heavy atom. The van der Waals surface area contributed by atoms with E-state index in [1.807, 2.05) is 0 Å². The predicted octanol–water partition coefficient (Wildman–Crippen LogP) is 2.56. The van der Waals surface area contributed by atoms with E-state index in [9.17, 15) is 18.0 Å². The minimum absolute atomic E-state index is 0.0148. The zero-order valence-electron chi connectivity index (χ0n) is 8.55. The van der Waals surface area contributed by atoms with Gasteiger partial charge in [0.25, 0.3) is 5.56 Å². The van der Waals surface area contributed by atoms with Gasteiger partial charge in [-0.05, 0) is 28.7 Å². The average molecular weight is 354 g/mol. The summed E-state index contributed by atoms with van der Waals surface area (Å²) in [4.78, 5) is 15.4. The number of nitrogens with zero attached hydrogens (tertiary/aromatic N) is 2. The van der Waals surface area contributed by atoms with Gasteiger partial charge in [-0.25, -0.2) is 0 Å². The average Bonchev–Trinajstić information content (AvgIpc) is 2.24. The summed E-state index contributed by atoms with van der Waals surface area (Å²) in [6, 6.07) is 1.26. The van der Waals surface area contributed by atoms with E-state index in [4.69, 9.17) is 0 Å². The highest BCUT2D eigenvalue weighted by Gasteiger charge is 2.36. The van der Waals surface area contributed by atoms with E-state index in [1.54, 1.807) is 0 Å². The molecule has 0 N–H and O–H groups in total. The highest BCUT2D eigenvalue weighted by molar-refractivity contribution is 14.1. The zero-order valence-corrected chi connectivity index (χ0v) is 10.7. The van der Waals surface area contributed by atoms with E-state index >= 15 is 0 Å². The van der Waals surface area contributed by atoms with Crippen molar-refractivity contribution in [3.63, 3.8) is 0 Å². The molecule has 0 aliphatic rings. The molecule has 0 aromatic carbocycles. The Balaban J connectivity index is 3.07. The smallest absolute Gasteiger partial charge is 0.309 e. The van der Waals surface area contributed by atoms with Gasteiger partial charge in [-0.3, -0.25) is 9.78 Å². The molecule has 90 valence electrons. The highest BCUT2D eigenvalue weighted by atomic mass is 127. The fourth-order valence-corrected chi connectivity index (χ4v) is 2.58. The number of rotatable bonds is 0. The molecule has 2 aromatic rings. The lowest BCUT2D eigenvalue weighted by Gasteiger charge is -2.14. The van der Waals surface area contributed by atoms with E-state index in [1.165, 1.54) is 52.7 Å². The first-order valence-corrected chi connectivity index (χ1v) is 5.61. The first-order chi connectivity index (χ1) is 7.84. The molecule has 0 atom stereocenters. The van der Waals surface area contributed by atoms with Crippen LogP contribution in [0.3, 0.4) is 0 Å². The third kappa shape index (κ3) is 1.92. The molecular formula is C10H6F3IN2O. The van der Waals surface area contributed by atoms with Crippen LogP contribution in [0.5, 0.6) is 0 Å². The van der Waals surface area contributed by atoms with Crippen LogP contribution in [0.2, 0.25) is 0 Å². The Morgan fingerprint density at radius 1 is 1.41 bits per heavy atom. The second kappa shape index (κ2) is 3.97. The fraction of sp³-hybridized carbons (Fsp3) is 0.200. The lowest BCUT2D eigenvalue weighted by molar-refractivity contribution is -0.137. The Kier molecular flexibility index (Phi) is 2.88. The van der Waals surface area contributed by atoms with E-state index in [-0.39, 0.29) is 14.5 Å². The van der Waals surface area contributed by atoms with E-state index in [2.05, 4.69) is 4.98 Å². The topological polar surface area (TPSA) is 34.9 Å². The molecule has 0 unspecified atom stereocenters. The number of halogens is 4. The van der Waals surface area contributed by atoms with Crippen molar-refractivity contribution in [2.24, 2.45) is 7.05 Å². The molecule has 0 radical (unpaired) electrons. The molecule has 0 bridgehead atoms. The number of hydrogen-bond donors (Lipinski definition) is 0. The van der Waals surface area contributed by atoms with Crippen LogP contribution in [0.15, 0.2) is 23.3 Å². The van der Waals surface area contributed by atoms with Crippen LogP contribution < -0.4 is 5.56 Å². The Hall–Kier alpha value is -1.12. The van der Waals surface area contributed by atoms with Crippen molar-refractivity contribution in [1.29, 1.82) is 0 Å². The Bertz CT molecular complexity index is 648. The largest absolute Gasteiger partial charge is 0.418 e. The standard InChI is InChI=1S/C10H6F3IN2O/c1-16-6-4-15-3-2-5(6)7(10(11,12)13)8(14)9(16)17/h2-4H,1H3. The molecule has 0 amide bonds. The van der Waals surface area contributed by atoms with Gasteiger partial charge in [-0.2, -0.15) is 13.2 Å². The zero-order chi connectivity index (χ0) is 12.8. The lowest BCUT2D eigenvalue weighted by Crippen LogP contribution is -2.25. The number of alkyl halides is 3. The summed E-state index contributed by atoms with van der Waals surface area (Å²) in [7, 11) is 1.43. The van der Waals surface area contributed by atoms with Gasteiger partial charge in [0.2, 0.25) is 0 Å². The Morgan fingerprint density at radius 3 is 2.65 bits per heavy atom. The summed E-state index contributed by atoms with van der Waals surface area (Å²) in [5, 5.41) is -0.0148. The maximum Gasteiger partial charge on any atom is 0.418 e. The van der Waals surface area contributed by atoms with Gasteiger partial charge in [-0.15, -0.1) is 0 Å². The van der Waals surface area contributed by atoms with E-state index in [0.29, 0.717) is 0 Å². The van der Waals surface area contributed by atoms with Gasteiger partial charge in [0.05, 0.1) is 20.8 Å². The summed E-state index contributed by atoms with van der Waals surface area (Å²) < 4.78 is 39.6. The van der Waals surface area contributed by atoms with Crippen LogP contribution in [0.4, 0.5) is 13.2 Å². The van der Waals surface area contributed by atoms with Crippen molar-refractivity contribution < 1.29 is 13.2 Å². The molecule has 2 heterocycles. The van der Waals surface area contributed by atoms with Crippen LogP contribution in [-0.2, 0) is 13.2 Å². The molecule has 0 fully saturated rings. The van der Waals surface area contributed by atoms with Crippen molar-refractivity contribution in [3.05, 3.63) is 37.9 Å². The van der Waals surface area contributed by atoms with E-state index in [0.717, 1.165) is 0 Å². The summed E-state index contributed by atoms with van der Waals surface area (Å²) in [5.41, 5.74) is -1.39. The quantitative estimate of drug-likeness (QED) is 0.682. The SMILES string of the molecule is Cn1c(=O)c(I)c(C(F)(F)F)c2ccncc21. The summed E-state index contributed by atoms with van der Waals surface area (Å²) in [6.07, 6.45) is -2.02. The monoisotopic (exact) mass is 354 g/mol. The molecule has 2 rings (SSSR count). The maximum absolute atomic E-state index is 12.9. The fourth-order valence-electron chi connectivity index (χ4n) is 1.62. The molecule has 7 heteroatoms. The maximum atomic E-state index is 12.9. The van der Waals surface area contributed by atoms with Crippen LogP contribution in [0, 0.1) is 3.57 Å². The molecule has 0 aliphatic carbocycles. The van der Waals surface area contributed by atoms with Gasteiger partial charge >= 0.3 is 6.18 Å². The second-order valence-electron chi connectivity index (χ2n) is 3.44. The third-order valence-electron chi connectivity index (χ3n) is 2.43. The van der Waals surface area contributed by atoms with Gasteiger partial charge < -0.3 is 4.57 Å². The van der Waals surface area contributed by atoms with Crippen molar-refractivity contribution in [2.45, 2.75) is 6.18 Å². The van der Waals surface area contributed by atoms with Crippen molar-refractivity contribution in [2.75, 3.05) is 0 Å². The molecule has 2 aromatic heterocycles. The number of hydrogen-bond acceptors (Lipinski definition) is 2. The van der Waals surface area contributed by atoms with Crippen molar-refractivity contribution in [3.8, 4) is 0 Å². The van der Waals surface area contributed by atoms with Crippen molar-refractivity contribution in [1.82, 2.24) is 9.55 Å². The molecule has 3 nitrogen and oxygen atoms in total. The summed E-state index contributed by atoms with van der Waals surface area (Å²) >= 11 is 1.43. The van der Waals surface area contributed by atoms with E-state index < -0.39 is 17.3 Å². The van der Waals surface area contributed by atoms with Gasteiger partial charge in [0.1, 0.15) is 0 Å². The number of pyridine rings is 2. The minimum atomic E-state index is -4.55. The lowest BCUT2D eigenvalue weighted by atomic mass is 10.1. The molecule has 0 saturated carbocycles. The second-order valence-corrected chi connectivity index (χ2v) is 4.52. The minimum Gasteiger partial charge on any atom is -0.309 e. The summed E-state index contributed by atoms with van der Waals surface area (Å²) in [5.74, 6) is 0. The van der Waals surface area contributed by atoms with Crippen molar-refractivity contribution >= 4 is 33.5 Å². The van der Waals surface area contributed by atoms with Crippen LogP contribution in [0.25, 0.3) is 10.9 Å². The van der Waals surface area contributed by atoms with Crippen LogP contribution >= 0.6 is 22.6 Å². The highest BCUT2D eigenvalue weighted by Crippen LogP contribution is 2.36. The molecule has 0 saturated heterocycles. The summed E-state index contributed by atoms with van der Waals surface area (Å²) in [6.45, 7) is 0. The van der Waals surface area contributed by atoms with Gasteiger partial charge in [-0.1, -0.05) is 0 Å². The molecule has 17 heavy (non-hydrogen) atoms. The molecule has 0 aliphatic heterocycles. The predicted molar refractivity (Wildman–Crippen MR) is 64.7 cm³/mol. The molecule has 0 spiro atoms. The first-order valence-electron chi connectivity index (χ1n) is 4.53. The van der Waals surface area contributed by atoms with Crippen LogP contribution in [-0.4, -0.2) is 9.55 Å². The Labute approximate surface area is 107 Å². The first kappa shape index (κ1) is 12.3. The molecular weight excluding hydrogens is 348 g/mol. The third-order valence-corrected chi connectivity index (χ3v) is 3.43. The van der Waals surface area contributed by atoms with Gasteiger partial charge in [0, 0.05) is 18.6 Å². The van der Waals surface area contributed by atoms with Crippen LogP contribution in [0.1, 0.15) is 5.56 Å². The van der Waals surface area contributed by atoms with Gasteiger partial charge in [0.15, 0.2) is 0 Å². The number of aryl methyl sites for hydroxylation is 1. The normalized spacial score (nSPS) is 12.1. The number of fused-ring (bicyclic) bond motifs is 1.